The number of carboxylic acid groups (broad SMARTS) is 1. The third-order valence-electron chi connectivity index (χ3n) is 6.64. The lowest BCUT2D eigenvalue weighted by Gasteiger charge is -2.40. The van der Waals surface area contributed by atoms with Gasteiger partial charge in [0.1, 0.15) is 24.4 Å². The first-order valence-electron chi connectivity index (χ1n) is 11.5. The number of carbonyl (C=O) groups excluding carboxylic acids is 2. The van der Waals surface area contributed by atoms with E-state index in [0.29, 0.717) is 18.5 Å². The molecule has 2 aliphatic rings. The van der Waals surface area contributed by atoms with E-state index in [9.17, 15) is 14.4 Å². The van der Waals surface area contributed by atoms with Crippen LogP contribution in [0.4, 0.5) is 4.79 Å². The molecule has 0 unspecified atom stereocenters. The predicted molar refractivity (Wildman–Crippen MR) is 124 cm³/mol. The van der Waals surface area contributed by atoms with E-state index in [1.807, 2.05) is 24.3 Å². The molecular weight excluding hydrogens is 450 g/mol. The van der Waals surface area contributed by atoms with Crippen molar-refractivity contribution in [2.45, 2.75) is 43.8 Å². The zero-order valence-corrected chi connectivity index (χ0v) is 18.9. The Bertz CT molecular complexity index is 1240. The Morgan fingerprint density at radius 3 is 2.31 bits per heavy atom. The smallest absolute Gasteiger partial charge is 0.408 e. The number of fused-ring (bicyclic) bond motifs is 3. The van der Waals surface area contributed by atoms with Crippen LogP contribution in [-0.4, -0.2) is 50.2 Å². The molecule has 1 fully saturated rings. The highest BCUT2D eigenvalue weighted by Gasteiger charge is 2.46. The van der Waals surface area contributed by atoms with Crippen molar-refractivity contribution in [2.75, 3.05) is 6.61 Å². The van der Waals surface area contributed by atoms with E-state index in [-0.39, 0.29) is 31.5 Å². The average molecular weight is 476 g/mol. The first-order valence-corrected chi connectivity index (χ1v) is 11.5. The number of ether oxygens (including phenoxy) is 1. The number of benzene rings is 2. The summed E-state index contributed by atoms with van der Waals surface area (Å²) in [5, 5.41) is 21.9. The van der Waals surface area contributed by atoms with Gasteiger partial charge in [0, 0.05) is 5.92 Å². The summed E-state index contributed by atoms with van der Waals surface area (Å²) in [7, 11) is 0. The predicted octanol–water partition coefficient (Wildman–Crippen LogP) is 2.44. The Hall–Kier alpha value is -4.21. The monoisotopic (exact) mass is 475 g/mol. The first kappa shape index (κ1) is 22.6. The molecule has 0 atom stereocenters. The number of carbonyl (C=O) groups is 3. The molecule has 2 aromatic carbocycles. The summed E-state index contributed by atoms with van der Waals surface area (Å²) in [6, 6.07) is 16.2. The number of carboxylic acids is 1. The zero-order valence-electron chi connectivity index (χ0n) is 18.9. The van der Waals surface area contributed by atoms with E-state index in [2.05, 4.69) is 45.2 Å². The second-order valence-electron chi connectivity index (χ2n) is 8.87. The van der Waals surface area contributed by atoms with Gasteiger partial charge in [0.25, 0.3) is 0 Å². The van der Waals surface area contributed by atoms with Gasteiger partial charge in [-0.25, -0.2) is 9.48 Å². The molecule has 0 radical (unpaired) electrons. The number of aromatic nitrogens is 3. The van der Waals surface area contributed by atoms with E-state index in [4.69, 9.17) is 9.84 Å². The summed E-state index contributed by atoms with van der Waals surface area (Å²) in [5.41, 5.74) is 3.93. The van der Waals surface area contributed by atoms with Gasteiger partial charge >= 0.3 is 12.1 Å². The van der Waals surface area contributed by atoms with E-state index in [0.717, 1.165) is 28.7 Å². The fourth-order valence-electron chi connectivity index (χ4n) is 4.74. The summed E-state index contributed by atoms with van der Waals surface area (Å²) < 4.78 is 6.79. The average Bonchev–Trinajstić information content (AvgIpc) is 3.40. The number of aliphatic carboxylic acids is 1. The highest BCUT2D eigenvalue weighted by atomic mass is 16.5. The lowest BCUT2D eigenvalue weighted by atomic mass is 9.76. The second kappa shape index (κ2) is 9.21. The molecule has 3 N–H and O–H groups in total. The van der Waals surface area contributed by atoms with Crippen molar-refractivity contribution in [2.24, 2.45) is 0 Å². The van der Waals surface area contributed by atoms with Gasteiger partial charge in [-0.05, 0) is 41.5 Å². The zero-order chi connectivity index (χ0) is 24.4. The van der Waals surface area contributed by atoms with Crippen LogP contribution < -0.4 is 10.6 Å². The summed E-state index contributed by atoms with van der Waals surface area (Å²) in [6.45, 7) is -0.0644. The van der Waals surface area contributed by atoms with Crippen LogP contribution >= 0.6 is 0 Å². The Morgan fingerprint density at radius 1 is 1.06 bits per heavy atom. The number of nitrogens with one attached hydrogen (secondary N) is 2. The van der Waals surface area contributed by atoms with E-state index in [1.165, 1.54) is 10.9 Å². The number of hydrogen-bond acceptors (Lipinski definition) is 6. The molecule has 3 aromatic rings. The molecule has 2 aliphatic carbocycles. The highest BCUT2D eigenvalue weighted by Crippen LogP contribution is 2.44. The van der Waals surface area contributed by atoms with E-state index < -0.39 is 17.6 Å². The van der Waals surface area contributed by atoms with Gasteiger partial charge in [0.05, 0.1) is 12.7 Å². The molecule has 0 bridgehead atoms. The van der Waals surface area contributed by atoms with Crippen molar-refractivity contribution in [1.82, 2.24) is 25.6 Å². The third kappa shape index (κ3) is 4.46. The highest BCUT2D eigenvalue weighted by molar-refractivity contribution is 5.91. The van der Waals surface area contributed by atoms with Crippen LogP contribution in [0.25, 0.3) is 11.1 Å². The minimum atomic E-state index is -1.04. The lowest BCUT2D eigenvalue weighted by Crippen LogP contribution is -2.62. The second-order valence-corrected chi connectivity index (χ2v) is 8.87. The van der Waals surface area contributed by atoms with Crippen LogP contribution in [0.1, 0.15) is 42.0 Å². The SMILES string of the molecule is O=C(O)Cn1cc(CNC(=O)C2(NC(=O)OCC3c4ccccc4-c4ccccc43)CCC2)nn1. The van der Waals surface area contributed by atoms with Crippen LogP contribution in [0.5, 0.6) is 0 Å². The molecule has 2 amide bonds. The quantitative estimate of drug-likeness (QED) is 0.455. The molecule has 1 heterocycles. The van der Waals surface area contributed by atoms with Crippen LogP contribution in [0.3, 0.4) is 0 Å². The van der Waals surface area contributed by atoms with Crippen LogP contribution in [0.15, 0.2) is 54.7 Å². The van der Waals surface area contributed by atoms with Crippen LogP contribution in [0, 0.1) is 0 Å². The summed E-state index contributed by atoms with van der Waals surface area (Å²) in [5.74, 6) is -1.43. The molecule has 5 rings (SSSR count). The van der Waals surface area contributed by atoms with Crippen molar-refractivity contribution in [1.29, 1.82) is 0 Å². The largest absolute Gasteiger partial charge is 0.480 e. The number of amides is 2. The van der Waals surface area contributed by atoms with E-state index in [1.54, 1.807) is 0 Å². The number of rotatable bonds is 8. The Balaban J connectivity index is 1.19. The van der Waals surface area contributed by atoms with E-state index >= 15 is 0 Å². The Labute approximate surface area is 201 Å². The summed E-state index contributed by atoms with van der Waals surface area (Å²) >= 11 is 0. The first-order chi connectivity index (χ1) is 16.9. The Morgan fingerprint density at radius 2 is 1.71 bits per heavy atom. The fourth-order valence-corrected chi connectivity index (χ4v) is 4.74. The van der Waals surface area contributed by atoms with Crippen molar-refractivity contribution in [3.63, 3.8) is 0 Å². The van der Waals surface area contributed by atoms with Gasteiger partial charge in [0.2, 0.25) is 5.91 Å². The Kier molecular flexibility index (Phi) is 5.94. The normalized spacial score (nSPS) is 15.4. The van der Waals surface area contributed by atoms with Gasteiger partial charge in [-0.15, -0.1) is 5.10 Å². The van der Waals surface area contributed by atoms with Gasteiger partial charge in [-0.2, -0.15) is 0 Å². The summed E-state index contributed by atoms with van der Waals surface area (Å²) in [4.78, 5) is 36.4. The van der Waals surface area contributed by atoms with Gasteiger partial charge < -0.3 is 20.5 Å². The van der Waals surface area contributed by atoms with Crippen molar-refractivity contribution < 1.29 is 24.2 Å². The van der Waals surface area contributed by atoms with Crippen molar-refractivity contribution >= 4 is 18.0 Å². The van der Waals surface area contributed by atoms with Crippen molar-refractivity contribution in [3.8, 4) is 11.1 Å². The number of nitrogens with zero attached hydrogens (tertiary/aromatic N) is 3. The minimum absolute atomic E-state index is 0.0623. The molecule has 0 saturated heterocycles. The van der Waals surface area contributed by atoms with Gasteiger partial charge in [-0.3, -0.25) is 9.59 Å². The van der Waals surface area contributed by atoms with Crippen LogP contribution in [-0.2, 0) is 27.4 Å². The molecular formula is C25H25N5O5. The fraction of sp³-hybridized carbons (Fsp3) is 0.320. The molecule has 180 valence electrons. The molecule has 0 spiro atoms. The maximum atomic E-state index is 12.9. The maximum absolute atomic E-state index is 12.9. The molecule has 10 heteroatoms. The summed E-state index contributed by atoms with van der Waals surface area (Å²) in [6.07, 6.45) is 2.66. The standard InChI is InChI=1S/C25H25N5O5/c31-22(32)14-30-13-16(28-29-30)12-26-23(33)25(10-5-11-25)27-24(34)35-15-21-19-8-3-1-6-17(19)18-7-2-4-9-20(18)21/h1-4,6-9,13,21H,5,10-12,14-15H2,(H,26,33)(H,27,34)(H,31,32). The molecule has 10 nitrogen and oxygen atoms in total. The molecule has 1 aromatic heterocycles. The number of hydrogen-bond donors (Lipinski definition) is 3. The minimum Gasteiger partial charge on any atom is -0.480 e. The molecule has 0 aliphatic heterocycles. The van der Waals surface area contributed by atoms with Gasteiger partial charge in [-0.1, -0.05) is 53.7 Å². The van der Waals surface area contributed by atoms with Gasteiger partial charge in [0.15, 0.2) is 0 Å². The third-order valence-corrected chi connectivity index (χ3v) is 6.64. The van der Waals surface area contributed by atoms with Crippen molar-refractivity contribution in [3.05, 3.63) is 71.5 Å². The van der Waals surface area contributed by atoms with Crippen LogP contribution in [0.2, 0.25) is 0 Å². The number of alkyl carbamates (subject to hydrolysis) is 1. The topological polar surface area (TPSA) is 135 Å². The maximum Gasteiger partial charge on any atom is 0.408 e. The lowest BCUT2D eigenvalue weighted by molar-refractivity contribution is -0.138. The molecule has 1 saturated carbocycles. The molecule has 35 heavy (non-hydrogen) atoms.